The van der Waals surface area contributed by atoms with Gasteiger partial charge in [-0.15, -0.1) is 0 Å². The topological polar surface area (TPSA) is 29.5 Å². The minimum absolute atomic E-state index is 0.229. The minimum Gasteiger partial charge on any atom is -0.380 e. The summed E-state index contributed by atoms with van der Waals surface area (Å²) in [5.41, 5.74) is -0.261. The van der Waals surface area contributed by atoms with Crippen molar-refractivity contribution in [2.45, 2.75) is 33.3 Å². The number of rotatable bonds is 1. The summed E-state index contributed by atoms with van der Waals surface area (Å²) in [7, 11) is 1.70. The molecule has 13 heavy (non-hydrogen) atoms. The highest BCUT2D eigenvalue weighted by Gasteiger charge is 2.32. The summed E-state index contributed by atoms with van der Waals surface area (Å²) in [6.07, 6.45) is 1.21. The standard InChI is InChI=1S/C10H19NO2/c1-10(2,3)9(12)11-6-5-8(7-11)13-4/h8H,5-7H2,1-4H3/t8-/m1/s1. The molecule has 3 heteroatoms. The van der Waals surface area contributed by atoms with E-state index in [1.807, 2.05) is 25.7 Å². The Balaban J connectivity index is 2.52. The van der Waals surface area contributed by atoms with Crippen LogP contribution in [0.1, 0.15) is 27.2 Å². The number of ether oxygens (including phenoxy) is 1. The lowest BCUT2D eigenvalue weighted by Crippen LogP contribution is -2.38. The highest BCUT2D eigenvalue weighted by atomic mass is 16.5. The number of nitrogens with zero attached hydrogens (tertiary/aromatic N) is 1. The minimum atomic E-state index is -0.261. The number of methoxy groups -OCH3 is 1. The molecule has 0 aliphatic carbocycles. The fourth-order valence-electron chi connectivity index (χ4n) is 1.58. The number of carbonyl (C=O) groups is 1. The first-order valence-electron chi connectivity index (χ1n) is 4.77. The Hall–Kier alpha value is -0.570. The van der Waals surface area contributed by atoms with Crippen molar-refractivity contribution >= 4 is 5.91 Å². The Kier molecular flexibility index (Phi) is 2.96. The van der Waals surface area contributed by atoms with Crippen LogP contribution in [0.4, 0.5) is 0 Å². The molecule has 0 unspecified atom stereocenters. The molecule has 1 atom stereocenters. The maximum atomic E-state index is 11.8. The molecule has 0 aromatic rings. The van der Waals surface area contributed by atoms with Gasteiger partial charge >= 0.3 is 0 Å². The van der Waals surface area contributed by atoms with E-state index in [4.69, 9.17) is 4.74 Å². The highest BCUT2D eigenvalue weighted by Crippen LogP contribution is 2.21. The molecule has 1 rings (SSSR count). The first-order chi connectivity index (χ1) is 5.95. The summed E-state index contributed by atoms with van der Waals surface area (Å²) >= 11 is 0. The average Bonchev–Trinajstić information content (AvgIpc) is 2.48. The number of likely N-dealkylation sites (tertiary alicyclic amines) is 1. The van der Waals surface area contributed by atoms with Crippen LogP contribution in [0, 0.1) is 5.41 Å². The second-order valence-electron chi connectivity index (χ2n) is 4.65. The van der Waals surface area contributed by atoms with Crippen molar-refractivity contribution in [1.29, 1.82) is 0 Å². The van der Waals surface area contributed by atoms with E-state index in [1.54, 1.807) is 7.11 Å². The summed E-state index contributed by atoms with van der Waals surface area (Å²) in [5, 5.41) is 0. The monoisotopic (exact) mass is 185 g/mol. The van der Waals surface area contributed by atoms with Gasteiger partial charge in [-0.25, -0.2) is 0 Å². The molecule has 3 nitrogen and oxygen atoms in total. The second kappa shape index (κ2) is 3.66. The van der Waals surface area contributed by atoms with Crippen molar-refractivity contribution < 1.29 is 9.53 Å². The van der Waals surface area contributed by atoms with Crippen LogP contribution in [0.2, 0.25) is 0 Å². The van der Waals surface area contributed by atoms with Crippen LogP contribution in [0.15, 0.2) is 0 Å². The Morgan fingerprint density at radius 2 is 2.08 bits per heavy atom. The van der Waals surface area contributed by atoms with Crippen LogP contribution >= 0.6 is 0 Å². The Morgan fingerprint density at radius 3 is 2.46 bits per heavy atom. The number of carbonyl (C=O) groups excluding carboxylic acids is 1. The first-order valence-corrected chi connectivity index (χ1v) is 4.77. The van der Waals surface area contributed by atoms with Gasteiger partial charge in [-0.05, 0) is 6.42 Å². The summed E-state index contributed by atoms with van der Waals surface area (Å²) in [5.74, 6) is 0.229. The van der Waals surface area contributed by atoms with Gasteiger partial charge in [-0.3, -0.25) is 4.79 Å². The van der Waals surface area contributed by atoms with Crippen molar-refractivity contribution in [1.82, 2.24) is 4.90 Å². The zero-order valence-electron chi connectivity index (χ0n) is 8.96. The first kappa shape index (κ1) is 10.5. The number of hydrogen-bond acceptors (Lipinski definition) is 2. The molecule has 0 saturated carbocycles. The van der Waals surface area contributed by atoms with E-state index < -0.39 is 0 Å². The third-order valence-corrected chi connectivity index (χ3v) is 2.41. The molecule has 0 bridgehead atoms. The molecule has 76 valence electrons. The molecule has 1 amide bonds. The van der Waals surface area contributed by atoms with E-state index in [9.17, 15) is 4.79 Å². The number of amides is 1. The molecule has 0 aromatic carbocycles. The molecule has 1 heterocycles. The van der Waals surface area contributed by atoms with Gasteiger partial charge in [0, 0.05) is 25.6 Å². The van der Waals surface area contributed by atoms with Crippen LogP contribution < -0.4 is 0 Å². The lowest BCUT2D eigenvalue weighted by atomic mass is 9.95. The maximum absolute atomic E-state index is 11.8. The zero-order valence-corrected chi connectivity index (χ0v) is 8.96. The van der Waals surface area contributed by atoms with E-state index in [0.717, 1.165) is 19.5 Å². The second-order valence-corrected chi connectivity index (χ2v) is 4.65. The molecule has 1 aliphatic rings. The van der Waals surface area contributed by atoms with Crippen molar-refractivity contribution in [2.24, 2.45) is 5.41 Å². The van der Waals surface area contributed by atoms with Crippen molar-refractivity contribution in [2.75, 3.05) is 20.2 Å². The van der Waals surface area contributed by atoms with Gasteiger partial charge in [0.05, 0.1) is 6.10 Å². The summed E-state index contributed by atoms with van der Waals surface area (Å²) < 4.78 is 5.21. The smallest absolute Gasteiger partial charge is 0.228 e. The van der Waals surface area contributed by atoms with E-state index in [0.29, 0.717) is 0 Å². The van der Waals surface area contributed by atoms with E-state index in [1.165, 1.54) is 0 Å². The van der Waals surface area contributed by atoms with Crippen molar-refractivity contribution in [3.05, 3.63) is 0 Å². The molecule has 0 spiro atoms. The highest BCUT2D eigenvalue weighted by molar-refractivity contribution is 5.81. The fourth-order valence-corrected chi connectivity index (χ4v) is 1.58. The zero-order chi connectivity index (χ0) is 10.1. The average molecular weight is 185 g/mol. The van der Waals surface area contributed by atoms with Crippen LogP contribution in [-0.4, -0.2) is 37.1 Å². The van der Waals surface area contributed by atoms with Crippen LogP contribution in [0.25, 0.3) is 0 Å². The van der Waals surface area contributed by atoms with E-state index >= 15 is 0 Å². The van der Waals surface area contributed by atoms with E-state index in [2.05, 4.69) is 0 Å². The normalized spacial score (nSPS) is 23.7. The lowest BCUT2D eigenvalue weighted by Gasteiger charge is -2.25. The molecule has 0 N–H and O–H groups in total. The SMILES string of the molecule is CO[C@@H]1CCN(C(=O)C(C)(C)C)C1. The van der Waals surface area contributed by atoms with Gasteiger partial charge in [-0.1, -0.05) is 20.8 Å². The van der Waals surface area contributed by atoms with Gasteiger partial charge in [-0.2, -0.15) is 0 Å². The van der Waals surface area contributed by atoms with Crippen LogP contribution in [0.5, 0.6) is 0 Å². The van der Waals surface area contributed by atoms with Gasteiger partial charge in [0.1, 0.15) is 0 Å². The molecule has 0 aromatic heterocycles. The third kappa shape index (κ3) is 2.44. The Morgan fingerprint density at radius 1 is 1.46 bits per heavy atom. The molecule has 0 radical (unpaired) electrons. The summed E-state index contributed by atoms with van der Waals surface area (Å²) in [6.45, 7) is 7.46. The Bertz CT molecular complexity index is 196. The van der Waals surface area contributed by atoms with Gasteiger partial charge in [0.2, 0.25) is 5.91 Å². The summed E-state index contributed by atoms with van der Waals surface area (Å²) in [6, 6.07) is 0. The van der Waals surface area contributed by atoms with Crippen molar-refractivity contribution in [3.8, 4) is 0 Å². The molecule has 1 aliphatic heterocycles. The summed E-state index contributed by atoms with van der Waals surface area (Å²) in [4.78, 5) is 13.7. The molecular weight excluding hydrogens is 166 g/mol. The van der Waals surface area contributed by atoms with Crippen LogP contribution in [0.3, 0.4) is 0 Å². The van der Waals surface area contributed by atoms with Crippen molar-refractivity contribution in [3.63, 3.8) is 0 Å². The molecule has 1 saturated heterocycles. The Labute approximate surface area is 80.1 Å². The van der Waals surface area contributed by atoms with E-state index in [-0.39, 0.29) is 17.4 Å². The maximum Gasteiger partial charge on any atom is 0.228 e. The lowest BCUT2D eigenvalue weighted by molar-refractivity contribution is -0.138. The number of hydrogen-bond donors (Lipinski definition) is 0. The van der Waals surface area contributed by atoms with Crippen LogP contribution in [-0.2, 0) is 9.53 Å². The quantitative estimate of drug-likeness (QED) is 0.616. The third-order valence-electron chi connectivity index (χ3n) is 2.41. The fraction of sp³-hybridized carbons (Fsp3) is 0.900. The molecular formula is C10H19NO2. The van der Waals surface area contributed by atoms with Gasteiger partial charge in [0.25, 0.3) is 0 Å². The predicted octanol–water partition coefficient (Wildman–Crippen LogP) is 1.28. The largest absolute Gasteiger partial charge is 0.380 e. The van der Waals surface area contributed by atoms with Gasteiger partial charge < -0.3 is 9.64 Å². The molecule has 1 fully saturated rings. The predicted molar refractivity (Wildman–Crippen MR) is 51.4 cm³/mol. The van der Waals surface area contributed by atoms with Gasteiger partial charge in [0.15, 0.2) is 0 Å².